The standard InChI is InChI=1S/C71H76F2N2O4S4/c1-40-28-54(64(76)62(30-40)74-58-36-46(80-68(5,6)7)18-22-50(58)51-23-19-47(37-59(51)74)81-69(8,9)10)56-34-44(72)32-42(3)66(56)78-26-17-27-79-67-43(4)33-45(73)35-57(67)55-29-41(2)31-63(65(55)77)75-60-38-48(82-70(11,12)13)20-24-52(60)53-25-21-49(39-61(53)75)83-71(14,15)16/h18-25,28-39,76-77H,17,26-27H2,1-16H3. The molecule has 6 nitrogen and oxygen atoms in total. The highest BCUT2D eigenvalue weighted by atomic mass is 32.2. The van der Waals surface area contributed by atoms with E-state index in [1.54, 1.807) is 47.0 Å². The first-order chi connectivity index (χ1) is 38.9. The van der Waals surface area contributed by atoms with Crippen molar-refractivity contribution in [2.75, 3.05) is 13.2 Å². The molecule has 12 heteroatoms. The molecule has 0 aliphatic heterocycles. The number of aryl methyl sites for hydroxylation is 4. The summed E-state index contributed by atoms with van der Waals surface area (Å²) in [5.41, 5.74) is 9.66. The second-order valence-corrected chi connectivity index (χ2v) is 33.5. The van der Waals surface area contributed by atoms with Gasteiger partial charge in [0.25, 0.3) is 0 Å². The molecule has 2 N–H and O–H groups in total. The predicted molar refractivity (Wildman–Crippen MR) is 353 cm³/mol. The zero-order chi connectivity index (χ0) is 59.8. The summed E-state index contributed by atoms with van der Waals surface area (Å²) in [5, 5.41) is 29.7. The third kappa shape index (κ3) is 13.1. The number of rotatable bonds is 14. The Morgan fingerprint density at radius 1 is 0.386 bits per heavy atom. The van der Waals surface area contributed by atoms with Crippen molar-refractivity contribution < 1.29 is 28.5 Å². The summed E-state index contributed by atoms with van der Waals surface area (Å²) < 4.78 is 49.0. The lowest BCUT2D eigenvalue weighted by atomic mass is 9.97. The van der Waals surface area contributed by atoms with Gasteiger partial charge in [-0.3, -0.25) is 0 Å². The molecule has 83 heavy (non-hydrogen) atoms. The number of hydrogen-bond acceptors (Lipinski definition) is 8. The number of halogens is 2. The summed E-state index contributed by atoms with van der Waals surface area (Å²) in [6, 6.07) is 39.8. The van der Waals surface area contributed by atoms with Crippen molar-refractivity contribution in [1.82, 2.24) is 9.13 Å². The molecule has 2 heterocycles. The molecule has 0 amide bonds. The smallest absolute Gasteiger partial charge is 0.147 e. The van der Waals surface area contributed by atoms with Crippen LogP contribution in [0.1, 0.15) is 112 Å². The number of benzene rings is 8. The Kier molecular flexibility index (Phi) is 16.4. The molecule has 0 aliphatic carbocycles. The fraction of sp³-hybridized carbons (Fsp3) is 0.324. The van der Waals surface area contributed by atoms with Crippen molar-refractivity contribution in [3.05, 3.63) is 155 Å². The summed E-state index contributed by atoms with van der Waals surface area (Å²) in [7, 11) is 0. The van der Waals surface area contributed by atoms with Crippen LogP contribution in [0.15, 0.2) is 141 Å². The zero-order valence-corrected chi connectivity index (χ0v) is 53.9. The molecule has 0 saturated carbocycles. The van der Waals surface area contributed by atoms with E-state index in [9.17, 15) is 10.2 Å². The van der Waals surface area contributed by atoms with Crippen molar-refractivity contribution in [3.63, 3.8) is 0 Å². The molecular weight excluding hydrogens is 1110 g/mol. The van der Waals surface area contributed by atoms with Gasteiger partial charge in [-0.15, -0.1) is 47.0 Å². The van der Waals surface area contributed by atoms with Crippen LogP contribution in [0.3, 0.4) is 0 Å². The maximum Gasteiger partial charge on any atom is 0.147 e. The highest BCUT2D eigenvalue weighted by Gasteiger charge is 2.27. The van der Waals surface area contributed by atoms with Gasteiger partial charge in [0.2, 0.25) is 0 Å². The molecule has 10 rings (SSSR count). The molecule has 0 saturated heterocycles. The van der Waals surface area contributed by atoms with Crippen molar-refractivity contribution in [1.29, 1.82) is 0 Å². The van der Waals surface area contributed by atoms with Gasteiger partial charge in [-0.2, -0.15) is 0 Å². The van der Waals surface area contributed by atoms with E-state index in [0.717, 1.165) is 74.3 Å². The molecular formula is C71H76F2N2O4S4. The van der Waals surface area contributed by atoms with Crippen LogP contribution in [0.4, 0.5) is 8.78 Å². The van der Waals surface area contributed by atoms with Crippen LogP contribution in [0.5, 0.6) is 23.0 Å². The summed E-state index contributed by atoms with van der Waals surface area (Å²) in [4.78, 5) is 4.46. The van der Waals surface area contributed by atoms with Crippen LogP contribution in [-0.4, -0.2) is 51.5 Å². The first-order valence-corrected chi connectivity index (χ1v) is 31.6. The number of ether oxygens (including phenoxy) is 2. The first kappa shape index (κ1) is 60.0. The van der Waals surface area contributed by atoms with E-state index >= 15 is 8.78 Å². The van der Waals surface area contributed by atoms with Crippen molar-refractivity contribution in [2.24, 2.45) is 0 Å². The number of phenolic OH excluding ortho intramolecular Hbond substituents is 2. The van der Waals surface area contributed by atoms with Crippen LogP contribution in [0.2, 0.25) is 0 Å². The molecule has 0 radical (unpaired) electrons. The van der Waals surface area contributed by atoms with E-state index in [1.807, 2.05) is 52.0 Å². The Morgan fingerprint density at radius 2 is 0.675 bits per heavy atom. The van der Waals surface area contributed by atoms with Gasteiger partial charge < -0.3 is 28.8 Å². The summed E-state index contributed by atoms with van der Waals surface area (Å²) in [5.74, 6) is 0.000182. The molecule has 0 spiro atoms. The number of nitrogens with zero attached hydrogens (tertiary/aromatic N) is 2. The van der Waals surface area contributed by atoms with Gasteiger partial charge in [-0.1, -0.05) is 107 Å². The molecule has 0 atom stereocenters. The highest BCUT2D eigenvalue weighted by Crippen LogP contribution is 2.49. The second kappa shape index (κ2) is 22.7. The minimum absolute atomic E-state index is 0.00365. The van der Waals surface area contributed by atoms with Gasteiger partial charge in [0, 0.05) is 88.8 Å². The third-order valence-electron chi connectivity index (χ3n) is 13.9. The summed E-state index contributed by atoms with van der Waals surface area (Å²) in [6.07, 6.45) is 0.402. The lowest BCUT2D eigenvalue weighted by molar-refractivity contribution is 0.246. The molecule has 0 unspecified atom stereocenters. The molecule has 0 aliphatic rings. The number of hydrogen-bond donors (Lipinski definition) is 2. The van der Waals surface area contributed by atoms with Gasteiger partial charge in [-0.05, 0) is 147 Å². The van der Waals surface area contributed by atoms with Gasteiger partial charge in [0.1, 0.15) is 34.6 Å². The average Bonchev–Trinajstić information content (AvgIpc) is 4.12. The van der Waals surface area contributed by atoms with E-state index in [4.69, 9.17) is 9.47 Å². The Hall–Kier alpha value is -6.18. The minimum Gasteiger partial charge on any atom is -0.505 e. The third-order valence-corrected chi connectivity index (χ3v) is 18.3. The van der Waals surface area contributed by atoms with Gasteiger partial charge >= 0.3 is 0 Å². The molecule has 0 fully saturated rings. The lowest BCUT2D eigenvalue weighted by Crippen LogP contribution is -2.08. The van der Waals surface area contributed by atoms with Gasteiger partial charge in [0.15, 0.2) is 0 Å². The van der Waals surface area contributed by atoms with Crippen LogP contribution in [0.25, 0.3) is 77.2 Å². The molecule has 432 valence electrons. The van der Waals surface area contributed by atoms with E-state index in [0.29, 0.717) is 62.7 Å². The number of aromatic nitrogens is 2. The van der Waals surface area contributed by atoms with E-state index in [-0.39, 0.29) is 43.7 Å². The van der Waals surface area contributed by atoms with Crippen LogP contribution >= 0.6 is 47.0 Å². The quantitative estimate of drug-likeness (QED) is 0.0825. The van der Waals surface area contributed by atoms with Gasteiger partial charge in [-0.25, -0.2) is 8.78 Å². The molecule has 2 aromatic heterocycles. The lowest BCUT2D eigenvalue weighted by Gasteiger charge is -2.21. The SMILES string of the molecule is Cc1cc(-c2cc(F)cc(C)c2OCCCOc2c(C)cc(F)cc2-c2cc(C)cc(-n3c4cc(SC(C)(C)C)ccc4c4ccc(SC(C)(C)C)cc43)c2O)c(O)c(-n2c3cc(SC(C)(C)C)ccc3c3ccc(SC(C)(C)C)cc32)c1. The molecule has 10 aromatic rings. The predicted octanol–water partition coefficient (Wildman–Crippen LogP) is 21.5. The van der Waals surface area contributed by atoms with Crippen LogP contribution in [0, 0.1) is 39.3 Å². The summed E-state index contributed by atoms with van der Waals surface area (Å²) >= 11 is 7.17. The Morgan fingerprint density at radius 3 is 0.952 bits per heavy atom. The molecule has 8 aromatic carbocycles. The van der Waals surface area contributed by atoms with Gasteiger partial charge in [0.05, 0.1) is 46.7 Å². The van der Waals surface area contributed by atoms with E-state index in [2.05, 4.69) is 165 Å². The average molecular weight is 1190 g/mol. The summed E-state index contributed by atoms with van der Waals surface area (Å²) in [6.45, 7) is 34.4. The fourth-order valence-electron chi connectivity index (χ4n) is 11.1. The Bertz CT molecular complexity index is 3760. The Labute approximate surface area is 505 Å². The maximum atomic E-state index is 15.8. The van der Waals surface area contributed by atoms with Crippen molar-refractivity contribution >= 4 is 90.7 Å². The highest BCUT2D eigenvalue weighted by molar-refractivity contribution is 8.01. The number of aromatic hydroxyl groups is 2. The number of thioether (sulfide) groups is 4. The molecule has 0 bridgehead atoms. The minimum atomic E-state index is -0.450. The van der Waals surface area contributed by atoms with Crippen LogP contribution < -0.4 is 9.47 Å². The first-order valence-electron chi connectivity index (χ1n) is 28.4. The largest absolute Gasteiger partial charge is 0.505 e. The topological polar surface area (TPSA) is 68.8 Å². The Balaban J connectivity index is 0.982. The van der Waals surface area contributed by atoms with E-state index < -0.39 is 11.6 Å². The van der Waals surface area contributed by atoms with Crippen molar-refractivity contribution in [3.8, 4) is 56.6 Å². The maximum absolute atomic E-state index is 15.8. The monoisotopic (exact) mass is 1190 g/mol. The van der Waals surface area contributed by atoms with Crippen molar-refractivity contribution in [2.45, 2.75) is 156 Å². The number of phenols is 2. The zero-order valence-electron chi connectivity index (χ0n) is 50.7. The number of fused-ring (bicyclic) bond motifs is 6. The fourth-order valence-corrected chi connectivity index (χ4v) is 15.1. The van der Waals surface area contributed by atoms with E-state index in [1.165, 1.54) is 24.3 Å². The second-order valence-electron chi connectivity index (χ2n) is 25.9. The normalized spacial score (nSPS) is 12.7. The van der Waals surface area contributed by atoms with Crippen LogP contribution in [-0.2, 0) is 0 Å².